The summed E-state index contributed by atoms with van der Waals surface area (Å²) in [6.45, 7) is 3.51. The smallest absolute Gasteiger partial charge is 0.335 e. The zero-order valence-corrected chi connectivity index (χ0v) is 21.8. The largest absolute Gasteiger partial charge is 0.491 e. The van der Waals surface area contributed by atoms with E-state index in [2.05, 4.69) is 22.1 Å². The van der Waals surface area contributed by atoms with E-state index in [9.17, 15) is 20.4 Å². The number of nitriles is 2. The number of ether oxygens (including phenoxy) is 1. The van der Waals surface area contributed by atoms with E-state index >= 15 is 0 Å². The van der Waals surface area contributed by atoms with Gasteiger partial charge in [-0.05, 0) is 55.8 Å². The number of aryl methyl sites for hydroxylation is 1. The summed E-state index contributed by atoms with van der Waals surface area (Å²) in [5.41, 5.74) is 8.79. The number of pyridine rings is 1. The SMILES string of the molecule is Cc1oc(-c2ccc(C(=O)O)cc2)nc1CSc1nc(N)c(C#N)c(-c2ccc(OC[C@H](C)O)cc2)c1C#N. The maximum absolute atomic E-state index is 11.1. The number of aliphatic hydroxyl groups is 1. The van der Waals surface area contributed by atoms with Crippen LogP contribution in [0.25, 0.3) is 22.6 Å². The molecule has 4 rings (SSSR count). The highest BCUT2D eigenvalue weighted by Gasteiger charge is 2.22. The molecule has 2 aromatic heterocycles. The number of aliphatic hydroxyl groups excluding tert-OH is 1. The van der Waals surface area contributed by atoms with Crippen molar-refractivity contribution in [3.8, 4) is 40.5 Å². The molecule has 0 aliphatic rings. The summed E-state index contributed by atoms with van der Waals surface area (Å²) < 4.78 is 11.3. The van der Waals surface area contributed by atoms with Crippen molar-refractivity contribution in [2.75, 3.05) is 12.3 Å². The third kappa shape index (κ3) is 6.02. The summed E-state index contributed by atoms with van der Waals surface area (Å²) in [6, 6.07) is 17.2. The van der Waals surface area contributed by atoms with Crippen molar-refractivity contribution in [2.24, 2.45) is 0 Å². The summed E-state index contributed by atoms with van der Waals surface area (Å²) in [5.74, 6) is 0.716. The maximum Gasteiger partial charge on any atom is 0.335 e. The van der Waals surface area contributed by atoms with Crippen molar-refractivity contribution in [3.63, 3.8) is 0 Å². The second-order valence-electron chi connectivity index (χ2n) is 8.53. The zero-order chi connectivity index (χ0) is 28.1. The van der Waals surface area contributed by atoms with E-state index in [1.807, 2.05) is 0 Å². The van der Waals surface area contributed by atoms with Crippen LogP contribution >= 0.6 is 11.8 Å². The van der Waals surface area contributed by atoms with Crippen LogP contribution < -0.4 is 10.5 Å². The van der Waals surface area contributed by atoms with Gasteiger partial charge in [-0.3, -0.25) is 0 Å². The monoisotopic (exact) mass is 541 g/mol. The van der Waals surface area contributed by atoms with Crippen molar-refractivity contribution in [1.82, 2.24) is 9.97 Å². The van der Waals surface area contributed by atoms with Crippen LogP contribution in [-0.4, -0.2) is 38.9 Å². The number of carboxylic acid groups (broad SMARTS) is 1. The lowest BCUT2D eigenvalue weighted by Crippen LogP contribution is -2.12. The van der Waals surface area contributed by atoms with Crippen molar-refractivity contribution >= 4 is 23.5 Å². The van der Waals surface area contributed by atoms with Gasteiger partial charge >= 0.3 is 5.97 Å². The van der Waals surface area contributed by atoms with Crippen LogP contribution in [-0.2, 0) is 5.75 Å². The van der Waals surface area contributed by atoms with Gasteiger partial charge in [0.25, 0.3) is 0 Å². The molecule has 0 fully saturated rings. The van der Waals surface area contributed by atoms with Crippen molar-refractivity contribution in [1.29, 1.82) is 10.5 Å². The van der Waals surface area contributed by atoms with Gasteiger partial charge in [0.1, 0.15) is 46.7 Å². The van der Waals surface area contributed by atoms with E-state index in [1.54, 1.807) is 50.2 Å². The van der Waals surface area contributed by atoms with E-state index < -0.39 is 12.1 Å². The average Bonchev–Trinajstić information content (AvgIpc) is 3.30. The number of nitrogens with two attached hydrogens (primary N) is 1. The molecular weight excluding hydrogens is 518 g/mol. The van der Waals surface area contributed by atoms with Crippen molar-refractivity contribution in [2.45, 2.75) is 30.7 Å². The number of hydrogen-bond acceptors (Lipinski definition) is 10. The number of thioether (sulfide) groups is 1. The summed E-state index contributed by atoms with van der Waals surface area (Å²) in [4.78, 5) is 20.0. The van der Waals surface area contributed by atoms with Gasteiger partial charge in [-0.2, -0.15) is 10.5 Å². The Kier molecular flexibility index (Phi) is 8.15. The van der Waals surface area contributed by atoms with Crippen molar-refractivity contribution < 1.29 is 24.2 Å². The van der Waals surface area contributed by atoms with Crippen LogP contribution in [0.4, 0.5) is 5.82 Å². The third-order valence-corrected chi connectivity index (χ3v) is 6.65. The molecule has 0 aliphatic heterocycles. The molecule has 196 valence electrons. The Bertz CT molecular complexity index is 1600. The van der Waals surface area contributed by atoms with Crippen LogP contribution in [0, 0.1) is 29.6 Å². The van der Waals surface area contributed by atoms with Gasteiger partial charge in [0.15, 0.2) is 0 Å². The number of nitrogens with zero attached hydrogens (tertiary/aromatic N) is 4. The number of nitrogen functional groups attached to an aromatic ring is 1. The maximum atomic E-state index is 11.1. The van der Waals surface area contributed by atoms with E-state index in [1.165, 1.54) is 23.9 Å². The normalized spacial score (nSPS) is 11.4. The minimum Gasteiger partial charge on any atom is -0.491 e. The van der Waals surface area contributed by atoms with Gasteiger partial charge in [-0.15, -0.1) is 0 Å². The molecule has 2 heterocycles. The quantitative estimate of drug-likeness (QED) is 0.248. The van der Waals surface area contributed by atoms with Gasteiger partial charge in [0, 0.05) is 16.9 Å². The fourth-order valence-corrected chi connectivity index (χ4v) is 4.70. The lowest BCUT2D eigenvalue weighted by Gasteiger charge is -2.14. The number of aromatic carboxylic acids is 1. The summed E-state index contributed by atoms with van der Waals surface area (Å²) in [5, 5.41) is 38.7. The molecule has 39 heavy (non-hydrogen) atoms. The molecule has 0 bridgehead atoms. The van der Waals surface area contributed by atoms with E-state index in [0.29, 0.717) is 50.6 Å². The molecule has 2 aromatic carbocycles. The summed E-state index contributed by atoms with van der Waals surface area (Å²) in [7, 11) is 0. The highest BCUT2D eigenvalue weighted by Crippen LogP contribution is 2.37. The van der Waals surface area contributed by atoms with Crippen LogP contribution in [0.5, 0.6) is 5.75 Å². The van der Waals surface area contributed by atoms with Crippen LogP contribution in [0.1, 0.15) is 39.9 Å². The Labute approximate surface area is 228 Å². The number of carboxylic acids is 1. The topological polar surface area (TPSA) is 179 Å². The molecule has 0 spiro atoms. The highest BCUT2D eigenvalue weighted by molar-refractivity contribution is 7.98. The first-order valence-electron chi connectivity index (χ1n) is 11.7. The predicted molar refractivity (Wildman–Crippen MR) is 144 cm³/mol. The van der Waals surface area contributed by atoms with Gasteiger partial charge in [0.05, 0.1) is 22.9 Å². The number of oxazole rings is 1. The number of benzene rings is 2. The molecule has 4 aromatic rings. The second kappa shape index (κ2) is 11.7. The molecule has 1 atom stereocenters. The summed E-state index contributed by atoms with van der Waals surface area (Å²) >= 11 is 1.23. The molecule has 0 amide bonds. The van der Waals surface area contributed by atoms with Crippen LogP contribution in [0.3, 0.4) is 0 Å². The fourth-order valence-electron chi connectivity index (χ4n) is 3.70. The van der Waals surface area contributed by atoms with Gasteiger partial charge < -0.3 is 25.1 Å². The second-order valence-corrected chi connectivity index (χ2v) is 9.49. The Morgan fingerprint density at radius 3 is 2.31 bits per heavy atom. The first kappa shape index (κ1) is 27.2. The Hall–Kier alpha value is -4.84. The van der Waals surface area contributed by atoms with E-state index in [-0.39, 0.29) is 29.1 Å². The molecule has 0 saturated heterocycles. The molecule has 0 unspecified atom stereocenters. The van der Waals surface area contributed by atoms with Gasteiger partial charge in [0.2, 0.25) is 5.89 Å². The summed E-state index contributed by atoms with van der Waals surface area (Å²) in [6.07, 6.45) is -0.624. The zero-order valence-electron chi connectivity index (χ0n) is 21.0. The minimum atomic E-state index is -1.02. The Morgan fingerprint density at radius 1 is 1.08 bits per heavy atom. The number of aromatic nitrogens is 2. The first-order valence-corrected chi connectivity index (χ1v) is 12.7. The lowest BCUT2D eigenvalue weighted by atomic mass is 9.97. The lowest BCUT2D eigenvalue weighted by molar-refractivity contribution is 0.0697. The molecule has 11 heteroatoms. The van der Waals surface area contributed by atoms with Crippen LogP contribution in [0.2, 0.25) is 0 Å². The number of rotatable bonds is 9. The average molecular weight is 542 g/mol. The van der Waals surface area contributed by atoms with Gasteiger partial charge in [-0.1, -0.05) is 23.9 Å². The first-order chi connectivity index (χ1) is 18.7. The molecule has 0 aliphatic carbocycles. The van der Waals surface area contributed by atoms with E-state index in [0.717, 1.165) is 0 Å². The number of hydrogen-bond donors (Lipinski definition) is 3. The predicted octanol–water partition coefficient (Wildman–Crippen LogP) is 4.79. The Morgan fingerprint density at radius 2 is 1.72 bits per heavy atom. The van der Waals surface area contributed by atoms with Crippen molar-refractivity contribution in [3.05, 3.63) is 76.7 Å². The molecule has 0 radical (unpaired) electrons. The fraction of sp³-hybridized carbons (Fsp3) is 0.179. The molecule has 4 N–H and O–H groups in total. The van der Waals surface area contributed by atoms with Crippen LogP contribution in [0.15, 0.2) is 58.0 Å². The molecule has 10 nitrogen and oxygen atoms in total. The van der Waals surface area contributed by atoms with Gasteiger partial charge in [-0.25, -0.2) is 14.8 Å². The minimum absolute atomic E-state index is 0.000448. The number of carbonyl (C=O) groups is 1. The standard InChI is InChI=1S/C28H23N5O5S/c1-15(34)13-37-20-9-7-17(8-10-20)24-21(11-29)25(31)33-27(22(24)12-30)39-14-23-16(2)38-26(32-23)18-3-5-19(6-4-18)28(35)36/h3-10,15,34H,13-14H2,1-2H3,(H2,31,33)(H,35,36)/t15-/m0/s1. The highest BCUT2D eigenvalue weighted by atomic mass is 32.2. The molecular formula is C28H23N5O5S. The third-order valence-electron chi connectivity index (χ3n) is 5.67. The number of anilines is 1. The molecule has 0 saturated carbocycles. The Balaban J connectivity index is 1.63. The van der Waals surface area contributed by atoms with E-state index in [4.69, 9.17) is 20.0 Å².